The lowest BCUT2D eigenvalue weighted by molar-refractivity contribution is 0.102. The first-order chi connectivity index (χ1) is 16.3. The number of Topliss-reactive ketones (excluding diaryl/α,β-unsaturated/α-hetero) is 1. The molecule has 0 aliphatic heterocycles. The van der Waals surface area contributed by atoms with E-state index in [4.69, 9.17) is 5.26 Å². The number of nitrogens with one attached hydrogen (secondary N) is 2. The number of hydrogen-bond donors (Lipinski definition) is 2. The Bertz CT molecular complexity index is 1540. The number of aromatic nitrogens is 3. The minimum Gasteiger partial charge on any atom is -0.381 e. The Labute approximate surface area is 200 Å². The van der Waals surface area contributed by atoms with Gasteiger partial charge in [-0.05, 0) is 43.0 Å². The lowest BCUT2D eigenvalue weighted by Gasteiger charge is -2.36. The SMILES string of the molecule is CC(=O)c1cnc(-c2cnc3[nH]ccc3c2NC2CC(CS(=O)(=O)c3cccc(C#N)c3)C2)s1. The zero-order valence-corrected chi connectivity index (χ0v) is 19.9. The number of benzene rings is 1. The number of carbonyl (C=O) groups is 1. The Kier molecular flexibility index (Phi) is 5.67. The summed E-state index contributed by atoms with van der Waals surface area (Å²) in [6.07, 6.45) is 6.56. The van der Waals surface area contributed by atoms with Gasteiger partial charge in [-0.25, -0.2) is 18.4 Å². The van der Waals surface area contributed by atoms with E-state index in [-0.39, 0.29) is 28.4 Å². The number of nitriles is 1. The van der Waals surface area contributed by atoms with E-state index in [0.29, 0.717) is 28.3 Å². The molecule has 0 atom stereocenters. The molecule has 3 heterocycles. The Morgan fingerprint density at radius 2 is 2.09 bits per heavy atom. The Morgan fingerprint density at radius 1 is 1.26 bits per heavy atom. The molecule has 172 valence electrons. The lowest BCUT2D eigenvalue weighted by Crippen LogP contribution is -2.39. The van der Waals surface area contributed by atoms with Gasteiger partial charge in [-0.15, -0.1) is 11.3 Å². The predicted molar refractivity (Wildman–Crippen MR) is 131 cm³/mol. The van der Waals surface area contributed by atoms with Crippen LogP contribution in [0.5, 0.6) is 0 Å². The molecule has 0 bridgehead atoms. The van der Waals surface area contributed by atoms with E-state index in [0.717, 1.165) is 22.3 Å². The molecule has 1 saturated carbocycles. The minimum atomic E-state index is -3.47. The van der Waals surface area contributed by atoms with Crippen molar-refractivity contribution in [1.82, 2.24) is 15.0 Å². The molecule has 8 nitrogen and oxygen atoms in total. The third-order valence-corrected chi connectivity index (χ3v) is 9.05. The maximum Gasteiger partial charge on any atom is 0.178 e. The second kappa shape index (κ2) is 8.66. The number of sulfone groups is 1. The summed E-state index contributed by atoms with van der Waals surface area (Å²) in [5, 5.41) is 14.3. The average molecular weight is 492 g/mol. The largest absolute Gasteiger partial charge is 0.381 e. The van der Waals surface area contributed by atoms with Crippen LogP contribution in [0.1, 0.15) is 35.0 Å². The highest BCUT2D eigenvalue weighted by Gasteiger charge is 2.34. The summed E-state index contributed by atoms with van der Waals surface area (Å²) in [5.41, 5.74) is 2.77. The Hall–Kier alpha value is -3.55. The summed E-state index contributed by atoms with van der Waals surface area (Å²) < 4.78 is 25.7. The van der Waals surface area contributed by atoms with Crippen molar-refractivity contribution < 1.29 is 13.2 Å². The van der Waals surface area contributed by atoms with Crippen molar-refractivity contribution in [3.8, 4) is 16.6 Å². The van der Waals surface area contributed by atoms with Crippen LogP contribution >= 0.6 is 11.3 Å². The monoisotopic (exact) mass is 491 g/mol. The van der Waals surface area contributed by atoms with E-state index in [1.807, 2.05) is 18.3 Å². The van der Waals surface area contributed by atoms with Gasteiger partial charge in [0.25, 0.3) is 0 Å². The topological polar surface area (TPSA) is 129 Å². The van der Waals surface area contributed by atoms with E-state index in [1.54, 1.807) is 30.6 Å². The third kappa shape index (κ3) is 4.20. The number of nitrogens with zero attached hydrogens (tertiary/aromatic N) is 3. The van der Waals surface area contributed by atoms with Gasteiger partial charge in [0.15, 0.2) is 15.6 Å². The number of carbonyl (C=O) groups excluding carboxylic acids is 1. The average Bonchev–Trinajstić information content (AvgIpc) is 3.47. The third-order valence-electron chi connectivity index (χ3n) is 6.03. The normalized spacial score (nSPS) is 17.8. The summed E-state index contributed by atoms with van der Waals surface area (Å²) in [6, 6.07) is 10.2. The van der Waals surface area contributed by atoms with Gasteiger partial charge in [-0.2, -0.15) is 5.26 Å². The van der Waals surface area contributed by atoms with Crippen molar-refractivity contribution in [2.24, 2.45) is 5.92 Å². The van der Waals surface area contributed by atoms with E-state index in [9.17, 15) is 13.2 Å². The van der Waals surface area contributed by atoms with Gasteiger partial charge in [0.2, 0.25) is 0 Å². The van der Waals surface area contributed by atoms with Crippen LogP contribution in [0.2, 0.25) is 0 Å². The van der Waals surface area contributed by atoms with Crippen LogP contribution in [0.3, 0.4) is 0 Å². The number of H-pyrrole nitrogens is 1. The minimum absolute atomic E-state index is 0.0303. The van der Waals surface area contributed by atoms with Gasteiger partial charge in [-0.3, -0.25) is 4.79 Å². The molecule has 2 N–H and O–H groups in total. The highest BCUT2D eigenvalue weighted by molar-refractivity contribution is 7.91. The fourth-order valence-electron chi connectivity index (χ4n) is 4.25. The molecular formula is C24H21N5O3S2. The molecule has 1 aliphatic carbocycles. The molecule has 0 unspecified atom stereocenters. The maximum atomic E-state index is 12.8. The smallest absolute Gasteiger partial charge is 0.178 e. The zero-order valence-electron chi connectivity index (χ0n) is 18.3. The van der Waals surface area contributed by atoms with Gasteiger partial charge in [0, 0.05) is 36.9 Å². The molecule has 34 heavy (non-hydrogen) atoms. The number of hydrogen-bond acceptors (Lipinski definition) is 8. The highest BCUT2D eigenvalue weighted by Crippen LogP contribution is 2.39. The van der Waals surface area contributed by atoms with Crippen LogP contribution in [0.25, 0.3) is 21.6 Å². The summed E-state index contributed by atoms with van der Waals surface area (Å²) in [7, 11) is -3.47. The van der Waals surface area contributed by atoms with Crippen LogP contribution in [0.15, 0.2) is 53.8 Å². The van der Waals surface area contributed by atoms with Crippen LogP contribution < -0.4 is 5.32 Å². The summed E-state index contributed by atoms with van der Waals surface area (Å²) in [4.78, 5) is 24.5. The van der Waals surface area contributed by atoms with Crippen LogP contribution in [-0.2, 0) is 9.84 Å². The first kappa shape index (κ1) is 22.3. The molecule has 10 heteroatoms. The Balaban J connectivity index is 1.33. The highest BCUT2D eigenvalue weighted by atomic mass is 32.2. The van der Waals surface area contributed by atoms with Crippen molar-refractivity contribution in [2.45, 2.75) is 30.7 Å². The number of thiazole rings is 1. The maximum absolute atomic E-state index is 12.8. The molecule has 1 aromatic carbocycles. The lowest BCUT2D eigenvalue weighted by atomic mass is 9.81. The molecule has 4 aromatic rings. The molecule has 5 rings (SSSR count). The van der Waals surface area contributed by atoms with Gasteiger partial charge in [-0.1, -0.05) is 6.07 Å². The second-order valence-corrected chi connectivity index (χ2v) is 11.5. The quantitative estimate of drug-likeness (QED) is 0.366. The van der Waals surface area contributed by atoms with Crippen LogP contribution in [-0.4, -0.2) is 40.9 Å². The summed E-state index contributed by atoms with van der Waals surface area (Å²) in [6.45, 7) is 1.52. The predicted octanol–water partition coefficient (Wildman–Crippen LogP) is 4.43. The van der Waals surface area contributed by atoms with E-state index in [1.165, 1.54) is 24.3 Å². The fraction of sp³-hybridized carbons (Fsp3) is 0.250. The van der Waals surface area contributed by atoms with Crippen molar-refractivity contribution in [1.29, 1.82) is 5.26 Å². The molecule has 1 fully saturated rings. The van der Waals surface area contributed by atoms with Gasteiger partial charge >= 0.3 is 0 Å². The molecule has 0 saturated heterocycles. The van der Waals surface area contributed by atoms with E-state index in [2.05, 4.69) is 20.3 Å². The molecular weight excluding hydrogens is 470 g/mol. The molecule has 3 aromatic heterocycles. The molecule has 0 spiro atoms. The fourth-order valence-corrected chi connectivity index (χ4v) is 6.75. The van der Waals surface area contributed by atoms with Gasteiger partial charge in [0.05, 0.1) is 38.4 Å². The van der Waals surface area contributed by atoms with Crippen molar-refractivity contribution in [3.05, 3.63) is 59.4 Å². The van der Waals surface area contributed by atoms with Gasteiger partial charge < -0.3 is 10.3 Å². The van der Waals surface area contributed by atoms with Crippen LogP contribution in [0, 0.1) is 17.2 Å². The number of fused-ring (bicyclic) bond motifs is 1. The van der Waals surface area contributed by atoms with Crippen LogP contribution in [0.4, 0.5) is 5.69 Å². The summed E-state index contributed by atoms with van der Waals surface area (Å²) >= 11 is 1.33. The van der Waals surface area contributed by atoms with Crippen molar-refractivity contribution in [3.63, 3.8) is 0 Å². The molecule has 0 amide bonds. The van der Waals surface area contributed by atoms with Gasteiger partial charge in [0.1, 0.15) is 10.7 Å². The number of ketones is 1. The van der Waals surface area contributed by atoms with E-state index < -0.39 is 9.84 Å². The number of anilines is 1. The van der Waals surface area contributed by atoms with Crippen molar-refractivity contribution >= 4 is 43.7 Å². The first-order valence-electron chi connectivity index (χ1n) is 10.8. The van der Waals surface area contributed by atoms with Crippen molar-refractivity contribution in [2.75, 3.05) is 11.1 Å². The summed E-state index contributed by atoms with van der Waals surface area (Å²) in [5.74, 6) is 0.0544. The number of aromatic amines is 1. The Morgan fingerprint density at radius 3 is 2.82 bits per heavy atom. The molecule has 1 aliphatic rings. The second-order valence-electron chi connectivity index (χ2n) is 8.47. The van der Waals surface area contributed by atoms with E-state index >= 15 is 0 Å². The first-order valence-corrected chi connectivity index (χ1v) is 13.2. The zero-order chi connectivity index (χ0) is 23.9. The molecule has 0 radical (unpaired) electrons. The number of pyridine rings is 1. The number of rotatable bonds is 7. The standard InChI is InChI=1S/C24H21N5O3S2/c1-14(30)21-12-28-24(33-21)20-11-27-23-19(5-6-26-23)22(20)29-17-7-16(8-17)13-34(31,32)18-4-2-3-15(9-18)10-25/h2-6,9,11-12,16-17H,7-8,13H2,1H3,(H2,26,27,29).